The van der Waals surface area contributed by atoms with Crippen LogP contribution in [0.3, 0.4) is 0 Å². The van der Waals surface area contributed by atoms with Gasteiger partial charge in [-0.2, -0.15) is 13.5 Å². The van der Waals surface area contributed by atoms with Crippen LogP contribution in [0.4, 0.5) is 11.4 Å². The van der Waals surface area contributed by atoms with E-state index in [1.165, 1.54) is 48.7 Å². The van der Waals surface area contributed by atoms with Crippen LogP contribution < -0.4 is 14.3 Å². The van der Waals surface area contributed by atoms with Crippen molar-refractivity contribution in [2.75, 3.05) is 6.61 Å². The predicted molar refractivity (Wildman–Crippen MR) is 127 cm³/mol. The van der Waals surface area contributed by atoms with E-state index in [-0.39, 0.29) is 39.9 Å². The molecule has 0 saturated heterocycles. The van der Waals surface area contributed by atoms with E-state index < -0.39 is 25.9 Å². The highest BCUT2D eigenvalue weighted by Gasteiger charge is 2.21. The Morgan fingerprint density at radius 3 is 2.08 bits per heavy atom. The van der Waals surface area contributed by atoms with Crippen LogP contribution in [-0.2, 0) is 10.1 Å². The summed E-state index contributed by atoms with van der Waals surface area (Å²) in [5.41, 5.74) is 2.45. The highest BCUT2D eigenvalue weighted by atomic mass is 32.2. The summed E-state index contributed by atoms with van der Waals surface area (Å²) in [4.78, 5) is 32.1. The van der Waals surface area contributed by atoms with Gasteiger partial charge in [-0.15, -0.1) is 0 Å². The summed E-state index contributed by atoms with van der Waals surface area (Å²) in [6, 6.07) is 13.4. The number of nitrogens with one attached hydrogen (secondary N) is 1. The van der Waals surface area contributed by atoms with Crippen molar-refractivity contribution >= 4 is 33.6 Å². The highest BCUT2D eigenvalue weighted by molar-refractivity contribution is 7.87. The summed E-state index contributed by atoms with van der Waals surface area (Å²) in [6.07, 6.45) is 1.28. The zero-order valence-electron chi connectivity index (χ0n) is 18.6. The molecule has 186 valence electrons. The number of carbonyl (C=O) groups excluding carboxylic acids is 1. The van der Waals surface area contributed by atoms with Gasteiger partial charge in [-0.3, -0.25) is 25.0 Å². The molecule has 0 aliphatic heterocycles. The Bertz CT molecular complexity index is 1420. The fourth-order valence-electron chi connectivity index (χ4n) is 2.81. The van der Waals surface area contributed by atoms with Crippen LogP contribution in [0.15, 0.2) is 76.7 Å². The molecule has 0 aromatic heterocycles. The van der Waals surface area contributed by atoms with Crippen molar-refractivity contribution in [3.63, 3.8) is 0 Å². The van der Waals surface area contributed by atoms with Gasteiger partial charge in [0.1, 0.15) is 4.90 Å². The van der Waals surface area contributed by atoms with E-state index in [9.17, 15) is 33.4 Å². The first-order valence-electron chi connectivity index (χ1n) is 10.1. The summed E-state index contributed by atoms with van der Waals surface area (Å²) in [7, 11) is -4.31. The van der Waals surface area contributed by atoms with Gasteiger partial charge in [0.05, 0.1) is 22.7 Å². The molecule has 0 atom stereocenters. The molecule has 0 radical (unpaired) electrons. The molecule has 0 fully saturated rings. The lowest BCUT2D eigenvalue weighted by Gasteiger charge is -2.12. The molecule has 0 aliphatic rings. The van der Waals surface area contributed by atoms with E-state index in [2.05, 4.69) is 10.5 Å². The van der Waals surface area contributed by atoms with Crippen LogP contribution in [0.25, 0.3) is 0 Å². The van der Waals surface area contributed by atoms with Gasteiger partial charge >= 0.3 is 10.1 Å². The topological polar surface area (TPSA) is 180 Å². The molecule has 1 N–H and O–H groups in total. The van der Waals surface area contributed by atoms with Gasteiger partial charge in [-0.05, 0) is 55.0 Å². The van der Waals surface area contributed by atoms with Crippen LogP contribution in [-0.4, -0.2) is 37.0 Å². The maximum Gasteiger partial charge on any atom is 0.339 e. The van der Waals surface area contributed by atoms with E-state index in [4.69, 9.17) is 8.92 Å². The lowest BCUT2D eigenvalue weighted by molar-refractivity contribution is -0.385. The normalized spacial score (nSPS) is 11.1. The van der Waals surface area contributed by atoms with Crippen LogP contribution in [0.5, 0.6) is 11.5 Å². The highest BCUT2D eigenvalue weighted by Crippen LogP contribution is 2.31. The van der Waals surface area contributed by atoms with Crippen molar-refractivity contribution in [1.82, 2.24) is 5.43 Å². The molecule has 3 aromatic rings. The number of non-ortho nitro benzene ring substituents is 2. The second-order valence-corrected chi connectivity index (χ2v) is 8.48. The lowest BCUT2D eigenvalue weighted by Crippen LogP contribution is -2.17. The van der Waals surface area contributed by atoms with Gasteiger partial charge in [0.2, 0.25) is 0 Å². The van der Waals surface area contributed by atoms with Crippen molar-refractivity contribution in [2.45, 2.75) is 11.8 Å². The van der Waals surface area contributed by atoms with Crippen LogP contribution in [0, 0.1) is 20.2 Å². The largest absolute Gasteiger partial charge is 0.490 e. The summed E-state index contributed by atoms with van der Waals surface area (Å²) >= 11 is 0. The summed E-state index contributed by atoms with van der Waals surface area (Å²) < 4.78 is 35.8. The Kier molecular flexibility index (Phi) is 7.91. The van der Waals surface area contributed by atoms with Gasteiger partial charge in [-0.25, -0.2) is 5.43 Å². The fourth-order valence-corrected chi connectivity index (χ4v) is 3.75. The molecule has 3 aromatic carbocycles. The molecule has 36 heavy (non-hydrogen) atoms. The van der Waals surface area contributed by atoms with Crippen LogP contribution in [0.1, 0.15) is 22.8 Å². The van der Waals surface area contributed by atoms with E-state index >= 15 is 0 Å². The quantitative estimate of drug-likeness (QED) is 0.183. The average Bonchev–Trinajstić information content (AvgIpc) is 2.85. The third kappa shape index (κ3) is 6.38. The van der Waals surface area contributed by atoms with Gasteiger partial charge in [0, 0.05) is 29.8 Å². The Hall–Kier alpha value is -4.85. The fraction of sp³-hybridized carbons (Fsp3) is 0.0909. The Balaban J connectivity index is 1.73. The molecule has 1 amide bonds. The van der Waals surface area contributed by atoms with Crippen LogP contribution >= 0.6 is 0 Å². The number of hydrogen-bond donors (Lipinski definition) is 1. The number of nitrogens with zero attached hydrogens (tertiary/aromatic N) is 3. The number of rotatable bonds is 10. The average molecular weight is 514 g/mol. The van der Waals surface area contributed by atoms with E-state index in [1.807, 2.05) is 0 Å². The molecule has 0 spiro atoms. The van der Waals surface area contributed by atoms with Crippen molar-refractivity contribution in [3.8, 4) is 11.5 Å². The maximum atomic E-state index is 12.6. The minimum atomic E-state index is -4.31. The first kappa shape index (κ1) is 25.8. The number of nitro benzene ring substituents is 2. The first-order valence-corrected chi connectivity index (χ1v) is 11.5. The molecular formula is C22H18N4O9S. The molecule has 13 nitrogen and oxygen atoms in total. The molecule has 3 rings (SSSR count). The van der Waals surface area contributed by atoms with E-state index in [1.54, 1.807) is 6.92 Å². The Labute approximate surface area is 204 Å². The number of carbonyl (C=O) groups is 1. The van der Waals surface area contributed by atoms with Crippen molar-refractivity contribution in [3.05, 3.63) is 98.1 Å². The number of amides is 1. The second kappa shape index (κ2) is 11.1. The number of hydrazone groups is 1. The second-order valence-electron chi connectivity index (χ2n) is 6.93. The molecule has 0 unspecified atom stereocenters. The standard InChI is InChI=1S/C22H18N4O9S/c1-2-34-21-13-15(14-23-24-22(27)16-4-6-17(7-5-16)25(28)29)3-12-20(21)35-36(32,33)19-10-8-18(9-11-19)26(30)31/h3-14H,2H2,1H3,(H,24,27)/b23-14-. The number of ether oxygens (including phenoxy) is 1. The third-order valence-electron chi connectivity index (χ3n) is 4.52. The minimum Gasteiger partial charge on any atom is -0.490 e. The van der Waals surface area contributed by atoms with Gasteiger partial charge in [-0.1, -0.05) is 0 Å². The van der Waals surface area contributed by atoms with E-state index in [0.717, 1.165) is 24.3 Å². The van der Waals surface area contributed by atoms with Gasteiger partial charge in [0.15, 0.2) is 11.5 Å². The van der Waals surface area contributed by atoms with Crippen LogP contribution in [0.2, 0.25) is 0 Å². The number of benzene rings is 3. The molecule has 0 bridgehead atoms. The summed E-state index contributed by atoms with van der Waals surface area (Å²) in [5, 5.41) is 25.3. The van der Waals surface area contributed by atoms with Crippen molar-refractivity contribution in [2.24, 2.45) is 5.10 Å². The van der Waals surface area contributed by atoms with E-state index in [0.29, 0.717) is 5.56 Å². The first-order chi connectivity index (χ1) is 17.1. The smallest absolute Gasteiger partial charge is 0.339 e. The van der Waals surface area contributed by atoms with Gasteiger partial charge in [0.25, 0.3) is 17.3 Å². The molecule has 0 heterocycles. The van der Waals surface area contributed by atoms with Crippen molar-refractivity contribution < 1.29 is 32.0 Å². The summed E-state index contributed by atoms with van der Waals surface area (Å²) in [5.74, 6) is -0.642. The predicted octanol–water partition coefficient (Wildman–Crippen LogP) is 3.43. The summed E-state index contributed by atoms with van der Waals surface area (Å²) in [6.45, 7) is 1.87. The number of hydrogen-bond acceptors (Lipinski definition) is 10. The molecule has 0 aliphatic carbocycles. The molecule has 14 heteroatoms. The zero-order chi connectivity index (χ0) is 26.3. The number of nitro groups is 2. The van der Waals surface area contributed by atoms with Crippen molar-refractivity contribution in [1.29, 1.82) is 0 Å². The van der Waals surface area contributed by atoms with Gasteiger partial charge < -0.3 is 8.92 Å². The lowest BCUT2D eigenvalue weighted by atomic mass is 10.2. The molecule has 0 saturated carbocycles. The maximum absolute atomic E-state index is 12.6. The monoisotopic (exact) mass is 514 g/mol. The Morgan fingerprint density at radius 1 is 0.944 bits per heavy atom. The minimum absolute atomic E-state index is 0.0774. The zero-order valence-corrected chi connectivity index (χ0v) is 19.4. The third-order valence-corrected chi connectivity index (χ3v) is 5.77. The molecular weight excluding hydrogens is 496 g/mol. The Morgan fingerprint density at radius 2 is 1.53 bits per heavy atom. The SMILES string of the molecule is CCOc1cc(/C=N\NC(=O)c2ccc([N+](=O)[O-])cc2)ccc1OS(=O)(=O)c1ccc([N+](=O)[O-])cc1.